The van der Waals surface area contributed by atoms with Gasteiger partial charge in [-0.05, 0) is 37.9 Å². The standard InChI is InChI=1S/C17H21ClN2O5/c1-20-17(10-5-2-3-6-11(10)18)8-4-7-13(15(17)23)25-16(24)12(19)9-14(21)22/h2-3,5-6,12-13,20H,4,7-9,19H2,1H3,(H,21,22)/t12-,13+,17-/m0/s1. The molecule has 7 nitrogen and oxygen atoms in total. The first-order valence-electron chi connectivity index (χ1n) is 7.98. The topological polar surface area (TPSA) is 119 Å². The van der Waals surface area contributed by atoms with Gasteiger partial charge in [-0.3, -0.25) is 14.4 Å². The summed E-state index contributed by atoms with van der Waals surface area (Å²) in [7, 11) is 1.65. The van der Waals surface area contributed by atoms with Gasteiger partial charge in [-0.2, -0.15) is 0 Å². The number of ketones is 1. The Morgan fingerprint density at radius 2 is 2.16 bits per heavy atom. The molecule has 2 rings (SSSR count). The Morgan fingerprint density at radius 1 is 1.48 bits per heavy atom. The van der Waals surface area contributed by atoms with Gasteiger partial charge in [0.05, 0.1) is 6.42 Å². The molecule has 4 N–H and O–H groups in total. The highest BCUT2D eigenvalue weighted by Crippen LogP contribution is 2.38. The van der Waals surface area contributed by atoms with Crippen LogP contribution in [0.2, 0.25) is 5.02 Å². The summed E-state index contributed by atoms with van der Waals surface area (Å²) in [6, 6.07) is 5.70. The second-order valence-electron chi connectivity index (χ2n) is 6.02. The predicted octanol–water partition coefficient (Wildman–Crippen LogP) is 1.22. The second kappa shape index (κ2) is 7.95. The zero-order chi connectivity index (χ0) is 18.6. The summed E-state index contributed by atoms with van der Waals surface area (Å²) in [5.41, 5.74) is 5.08. The van der Waals surface area contributed by atoms with Gasteiger partial charge in [-0.15, -0.1) is 0 Å². The molecule has 136 valence electrons. The minimum atomic E-state index is -1.31. The van der Waals surface area contributed by atoms with Crippen molar-refractivity contribution in [3.05, 3.63) is 34.9 Å². The van der Waals surface area contributed by atoms with Crippen molar-refractivity contribution < 1.29 is 24.2 Å². The van der Waals surface area contributed by atoms with Crippen molar-refractivity contribution in [1.82, 2.24) is 5.32 Å². The van der Waals surface area contributed by atoms with Gasteiger partial charge in [0.2, 0.25) is 0 Å². The van der Waals surface area contributed by atoms with Crippen LogP contribution in [0.15, 0.2) is 24.3 Å². The van der Waals surface area contributed by atoms with Crippen LogP contribution in [0.4, 0.5) is 0 Å². The lowest BCUT2D eigenvalue weighted by atomic mass is 9.74. The van der Waals surface area contributed by atoms with E-state index in [1.165, 1.54) is 0 Å². The van der Waals surface area contributed by atoms with Crippen LogP contribution in [0.5, 0.6) is 0 Å². The molecule has 0 aliphatic heterocycles. The van der Waals surface area contributed by atoms with E-state index in [-0.39, 0.29) is 5.78 Å². The maximum absolute atomic E-state index is 13.1. The fourth-order valence-electron chi connectivity index (χ4n) is 3.15. The molecule has 3 atom stereocenters. The molecule has 1 fully saturated rings. The molecule has 0 aromatic heterocycles. The first-order valence-corrected chi connectivity index (χ1v) is 8.35. The van der Waals surface area contributed by atoms with Crippen molar-refractivity contribution in [2.45, 2.75) is 43.4 Å². The van der Waals surface area contributed by atoms with Crippen molar-refractivity contribution in [2.75, 3.05) is 7.05 Å². The van der Waals surface area contributed by atoms with Gasteiger partial charge in [0.15, 0.2) is 11.9 Å². The number of hydrogen-bond donors (Lipinski definition) is 3. The third-order valence-electron chi connectivity index (χ3n) is 4.45. The number of carbonyl (C=O) groups excluding carboxylic acids is 2. The zero-order valence-corrected chi connectivity index (χ0v) is 14.6. The average molecular weight is 369 g/mol. The van der Waals surface area contributed by atoms with Crippen molar-refractivity contribution in [3.63, 3.8) is 0 Å². The Bertz CT molecular complexity index is 681. The number of nitrogens with one attached hydrogen (secondary N) is 1. The van der Waals surface area contributed by atoms with E-state index < -0.39 is 36.0 Å². The highest BCUT2D eigenvalue weighted by Gasteiger charge is 2.47. The van der Waals surface area contributed by atoms with Crippen molar-refractivity contribution in [2.24, 2.45) is 5.73 Å². The summed E-state index contributed by atoms with van der Waals surface area (Å²) in [5, 5.41) is 12.2. The molecule has 1 saturated carbocycles. The van der Waals surface area contributed by atoms with Crippen molar-refractivity contribution in [3.8, 4) is 0 Å². The van der Waals surface area contributed by atoms with Gasteiger partial charge >= 0.3 is 11.9 Å². The molecule has 0 unspecified atom stereocenters. The molecule has 1 aromatic rings. The number of Topliss-reactive ketones (excluding diaryl/α,β-unsaturated/α-hetero) is 1. The van der Waals surface area contributed by atoms with Crippen LogP contribution in [-0.4, -0.2) is 42.0 Å². The van der Waals surface area contributed by atoms with Crippen LogP contribution in [0.25, 0.3) is 0 Å². The van der Waals surface area contributed by atoms with Gasteiger partial charge in [0.1, 0.15) is 11.6 Å². The van der Waals surface area contributed by atoms with Crippen LogP contribution >= 0.6 is 11.6 Å². The number of likely N-dealkylation sites (N-methyl/N-ethyl adjacent to an activating group) is 1. The summed E-state index contributed by atoms with van der Waals surface area (Å²) >= 11 is 6.27. The second-order valence-corrected chi connectivity index (χ2v) is 6.43. The van der Waals surface area contributed by atoms with E-state index >= 15 is 0 Å². The Kier molecular flexibility index (Phi) is 6.16. The molecular weight excluding hydrogens is 348 g/mol. The number of halogens is 1. The molecule has 1 aromatic carbocycles. The van der Waals surface area contributed by atoms with E-state index in [0.29, 0.717) is 29.8 Å². The van der Waals surface area contributed by atoms with Crippen molar-refractivity contribution in [1.29, 1.82) is 0 Å². The molecule has 0 bridgehead atoms. The molecule has 1 aliphatic carbocycles. The molecule has 0 amide bonds. The normalized spacial score (nSPS) is 24.6. The van der Waals surface area contributed by atoms with Gasteiger partial charge in [0, 0.05) is 5.02 Å². The fraction of sp³-hybridized carbons (Fsp3) is 0.471. The van der Waals surface area contributed by atoms with Crippen LogP contribution in [0.1, 0.15) is 31.2 Å². The average Bonchev–Trinajstić information content (AvgIpc) is 2.57. The minimum Gasteiger partial charge on any atom is -0.481 e. The lowest BCUT2D eigenvalue weighted by Gasteiger charge is -2.39. The number of ether oxygens (including phenoxy) is 1. The Balaban J connectivity index is 2.23. The van der Waals surface area contributed by atoms with E-state index in [0.717, 1.165) is 0 Å². The van der Waals surface area contributed by atoms with Crippen LogP contribution in [0.3, 0.4) is 0 Å². The largest absolute Gasteiger partial charge is 0.481 e. The number of rotatable bonds is 6. The number of benzene rings is 1. The maximum atomic E-state index is 13.1. The van der Waals surface area contributed by atoms with Gasteiger partial charge in [0.25, 0.3) is 0 Å². The number of carbonyl (C=O) groups is 3. The molecule has 1 aliphatic rings. The van der Waals surface area contributed by atoms with E-state index in [4.69, 9.17) is 27.2 Å². The number of esters is 1. The van der Waals surface area contributed by atoms with E-state index in [9.17, 15) is 14.4 Å². The number of carboxylic acid groups (broad SMARTS) is 1. The molecular formula is C17H21ClN2O5. The summed E-state index contributed by atoms with van der Waals surface area (Å²) in [6.45, 7) is 0. The lowest BCUT2D eigenvalue weighted by Crippen LogP contribution is -2.56. The Labute approximate surface area is 150 Å². The van der Waals surface area contributed by atoms with Gasteiger partial charge in [-0.25, -0.2) is 0 Å². The Morgan fingerprint density at radius 3 is 2.76 bits per heavy atom. The first-order chi connectivity index (χ1) is 11.8. The maximum Gasteiger partial charge on any atom is 0.324 e. The van der Waals surface area contributed by atoms with Crippen LogP contribution in [-0.2, 0) is 24.7 Å². The molecule has 0 heterocycles. The van der Waals surface area contributed by atoms with Crippen LogP contribution in [0, 0.1) is 0 Å². The van der Waals surface area contributed by atoms with Crippen molar-refractivity contribution >= 4 is 29.3 Å². The molecule has 0 radical (unpaired) electrons. The third-order valence-corrected chi connectivity index (χ3v) is 4.78. The number of aliphatic carboxylic acids is 1. The monoisotopic (exact) mass is 368 g/mol. The predicted molar refractivity (Wildman–Crippen MR) is 91.2 cm³/mol. The lowest BCUT2D eigenvalue weighted by molar-refractivity contribution is -0.162. The smallest absolute Gasteiger partial charge is 0.324 e. The Hall–Kier alpha value is -1.96. The first kappa shape index (κ1) is 19.4. The summed E-state index contributed by atoms with van der Waals surface area (Å²) in [4.78, 5) is 35.7. The number of carboxylic acids is 1. The number of nitrogens with two attached hydrogens (primary N) is 1. The molecule has 0 spiro atoms. The van der Waals surface area contributed by atoms with Gasteiger partial charge in [-0.1, -0.05) is 29.8 Å². The third kappa shape index (κ3) is 4.00. The van der Waals surface area contributed by atoms with E-state index in [1.54, 1.807) is 31.3 Å². The molecule has 8 heteroatoms. The molecule has 0 saturated heterocycles. The SMILES string of the molecule is CN[C@]1(c2ccccc2Cl)CCC[C@@H](OC(=O)[C@@H](N)CC(=O)O)C1=O. The van der Waals surface area contributed by atoms with Crippen LogP contribution < -0.4 is 11.1 Å². The summed E-state index contributed by atoms with van der Waals surface area (Å²) < 4.78 is 5.22. The van der Waals surface area contributed by atoms with E-state index in [2.05, 4.69) is 5.32 Å². The van der Waals surface area contributed by atoms with E-state index in [1.807, 2.05) is 0 Å². The quantitative estimate of drug-likeness (QED) is 0.646. The highest BCUT2D eigenvalue weighted by atomic mass is 35.5. The minimum absolute atomic E-state index is 0.315. The molecule has 25 heavy (non-hydrogen) atoms. The fourth-order valence-corrected chi connectivity index (χ4v) is 3.45. The zero-order valence-electron chi connectivity index (χ0n) is 13.8. The highest BCUT2D eigenvalue weighted by molar-refractivity contribution is 6.31. The number of hydrogen-bond acceptors (Lipinski definition) is 6. The summed E-state index contributed by atoms with van der Waals surface area (Å²) in [6.07, 6.45) is -0.0462. The summed E-state index contributed by atoms with van der Waals surface area (Å²) in [5.74, 6) is -2.42. The van der Waals surface area contributed by atoms with Gasteiger partial charge < -0.3 is 20.9 Å².